The Balaban J connectivity index is 2.15. The van der Waals surface area contributed by atoms with Crippen LogP contribution in [0.15, 0.2) is 29.1 Å². The van der Waals surface area contributed by atoms with Gasteiger partial charge in [0.25, 0.3) is 11.5 Å². The summed E-state index contributed by atoms with van der Waals surface area (Å²) in [5, 5.41) is 12.0. The van der Waals surface area contributed by atoms with Crippen molar-refractivity contribution in [2.75, 3.05) is 13.1 Å². The lowest BCUT2D eigenvalue weighted by Crippen LogP contribution is -2.37. The summed E-state index contributed by atoms with van der Waals surface area (Å²) in [6.45, 7) is 2.37. The molecule has 1 aromatic carbocycles. The second-order valence-electron chi connectivity index (χ2n) is 4.48. The lowest BCUT2D eigenvalue weighted by Gasteiger charge is -2.07. The first-order valence-electron chi connectivity index (χ1n) is 6.65. The summed E-state index contributed by atoms with van der Waals surface area (Å²) in [4.78, 5) is 35.1. The van der Waals surface area contributed by atoms with Gasteiger partial charge in [-0.15, -0.1) is 0 Å². The Morgan fingerprint density at radius 1 is 1.19 bits per heavy atom. The van der Waals surface area contributed by atoms with E-state index in [1.807, 2.05) is 6.92 Å². The van der Waals surface area contributed by atoms with E-state index in [0.717, 1.165) is 6.42 Å². The third-order valence-electron chi connectivity index (χ3n) is 2.89. The fourth-order valence-electron chi connectivity index (χ4n) is 1.86. The third kappa shape index (κ3) is 3.44. The van der Waals surface area contributed by atoms with Crippen molar-refractivity contribution in [3.05, 3.63) is 40.3 Å². The monoisotopic (exact) mass is 288 g/mol. The van der Waals surface area contributed by atoms with Gasteiger partial charge in [-0.25, -0.2) is 5.10 Å². The number of hydrogen-bond acceptors (Lipinski definition) is 4. The molecule has 0 radical (unpaired) electrons. The summed E-state index contributed by atoms with van der Waals surface area (Å²) in [7, 11) is 0. The molecular weight excluding hydrogens is 272 g/mol. The van der Waals surface area contributed by atoms with Crippen LogP contribution in [0.1, 0.15) is 23.8 Å². The van der Waals surface area contributed by atoms with Crippen molar-refractivity contribution in [3.8, 4) is 0 Å². The van der Waals surface area contributed by atoms with E-state index in [9.17, 15) is 14.4 Å². The zero-order valence-electron chi connectivity index (χ0n) is 11.6. The molecule has 7 nitrogen and oxygen atoms in total. The van der Waals surface area contributed by atoms with Gasteiger partial charge in [-0.3, -0.25) is 14.4 Å². The Morgan fingerprint density at radius 2 is 1.90 bits per heavy atom. The van der Waals surface area contributed by atoms with Crippen LogP contribution in [0.2, 0.25) is 0 Å². The molecule has 0 unspecified atom stereocenters. The topological polar surface area (TPSA) is 104 Å². The summed E-state index contributed by atoms with van der Waals surface area (Å²) in [6.07, 6.45) is 0.825. The Bertz CT molecular complexity index is 723. The van der Waals surface area contributed by atoms with Crippen molar-refractivity contribution >= 4 is 22.6 Å². The van der Waals surface area contributed by atoms with E-state index in [1.54, 1.807) is 24.3 Å². The van der Waals surface area contributed by atoms with Crippen LogP contribution in [-0.2, 0) is 4.79 Å². The number of hydrogen-bond donors (Lipinski definition) is 3. The van der Waals surface area contributed by atoms with Gasteiger partial charge in [-0.1, -0.05) is 25.1 Å². The highest BCUT2D eigenvalue weighted by Gasteiger charge is 2.14. The highest BCUT2D eigenvalue weighted by molar-refractivity contribution is 6.05. The lowest BCUT2D eigenvalue weighted by molar-refractivity contribution is -0.120. The number of nitrogens with one attached hydrogen (secondary N) is 3. The lowest BCUT2D eigenvalue weighted by atomic mass is 10.1. The number of aromatic amines is 1. The molecule has 2 aromatic rings. The molecule has 110 valence electrons. The van der Waals surface area contributed by atoms with Crippen molar-refractivity contribution in [2.45, 2.75) is 13.3 Å². The number of benzene rings is 1. The highest BCUT2D eigenvalue weighted by atomic mass is 16.2. The fourth-order valence-corrected chi connectivity index (χ4v) is 1.86. The zero-order valence-corrected chi connectivity index (χ0v) is 11.6. The summed E-state index contributed by atoms with van der Waals surface area (Å²) in [5.74, 6) is -0.770. The van der Waals surface area contributed by atoms with E-state index < -0.39 is 5.91 Å². The van der Waals surface area contributed by atoms with Gasteiger partial charge < -0.3 is 10.6 Å². The second-order valence-corrected chi connectivity index (χ2v) is 4.48. The average Bonchev–Trinajstić information content (AvgIpc) is 2.51. The van der Waals surface area contributed by atoms with Crippen LogP contribution >= 0.6 is 0 Å². The van der Waals surface area contributed by atoms with E-state index >= 15 is 0 Å². The normalized spacial score (nSPS) is 10.3. The van der Waals surface area contributed by atoms with Crippen LogP contribution in [0.5, 0.6) is 0 Å². The predicted octanol–water partition coefficient (Wildman–Crippen LogP) is 0.179. The molecule has 2 amide bonds. The predicted molar refractivity (Wildman–Crippen MR) is 78.0 cm³/mol. The standard InChI is InChI=1S/C14H16N4O3/c1-2-7-15-11(19)8-16-14(21)12-9-5-3-4-6-10(9)13(20)18-17-12/h3-6H,2,7-8H2,1H3,(H,15,19)(H,16,21)(H,18,20). The van der Waals surface area contributed by atoms with Gasteiger partial charge in [-0.2, -0.15) is 5.10 Å². The number of H-pyrrole nitrogens is 1. The number of carbonyl (C=O) groups is 2. The smallest absolute Gasteiger partial charge is 0.272 e. The van der Waals surface area contributed by atoms with Gasteiger partial charge in [0.1, 0.15) is 0 Å². The number of aromatic nitrogens is 2. The first kappa shape index (κ1) is 14.7. The molecule has 7 heteroatoms. The van der Waals surface area contributed by atoms with E-state index in [0.29, 0.717) is 17.3 Å². The van der Waals surface area contributed by atoms with Gasteiger partial charge in [0.2, 0.25) is 5.91 Å². The average molecular weight is 288 g/mol. The molecule has 0 spiro atoms. The molecule has 0 aliphatic carbocycles. The summed E-state index contributed by atoms with van der Waals surface area (Å²) < 4.78 is 0. The van der Waals surface area contributed by atoms with Crippen molar-refractivity contribution < 1.29 is 9.59 Å². The van der Waals surface area contributed by atoms with E-state index in [-0.39, 0.29) is 23.7 Å². The number of fused-ring (bicyclic) bond motifs is 1. The molecule has 0 saturated heterocycles. The van der Waals surface area contributed by atoms with Gasteiger partial charge in [0.15, 0.2) is 5.69 Å². The molecule has 0 saturated carbocycles. The minimum Gasteiger partial charge on any atom is -0.355 e. The number of carbonyl (C=O) groups excluding carboxylic acids is 2. The van der Waals surface area contributed by atoms with Crippen molar-refractivity contribution in [2.24, 2.45) is 0 Å². The Hall–Kier alpha value is -2.70. The van der Waals surface area contributed by atoms with Crippen LogP contribution in [0.25, 0.3) is 10.8 Å². The Kier molecular flexibility index (Phi) is 4.65. The molecule has 0 bridgehead atoms. The first-order chi connectivity index (χ1) is 10.1. The molecule has 21 heavy (non-hydrogen) atoms. The van der Waals surface area contributed by atoms with Crippen LogP contribution in [0, 0.1) is 0 Å². The van der Waals surface area contributed by atoms with Crippen molar-refractivity contribution in [1.82, 2.24) is 20.8 Å². The van der Waals surface area contributed by atoms with Crippen LogP contribution in [0.4, 0.5) is 0 Å². The minimum absolute atomic E-state index is 0.0912. The molecule has 1 aromatic heterocycles. The fraction of sp³-hybridized carbons (Fsp3) is 0.286. The molecule has 0 aliphatic rings. The highest BCUT2D eigenvalue weighted by Crippen LogP contribution is 2.11. The number of nitrogens with zero attached hydrogens (tertiary/aromatic N) is 1. The zero-order chi connectivity index (χ0) is 15.2. The van der Waals surface area contributed by atoms with Gasteiger partial charge in [0.05, 0.1) is 11.9 Å². The SMILES string of the molecule is CCCNC(=O)CNC(=O)c1n[nH]c(=O)c2ccccc12. The van der Waals surface area contributed by atoms with Crippen molar-refractivity contribution in [1.29, 1.82) is 0 Å². The number of amides is 2. The molecule has 2 rings (SSSR count). The van der Waals surface area contributed by atoms with Crippen LogP contribution in [-0.4, -0.2) is 35.1 Å². The Labute approximate surface area is 120 Å². The minimum atomic E-state index is -0.505. The number of rotatable bonds is 5. The largest absolute Gasteiger partial charge is 0.355 e. The maximum atomic E-state index is 12.1. The van der Waals surface area contributed by atoms with Gasteiger partial charge >= 0.3 is 0 Å². The molecule has 0 atom stereocenters. The van der Waals surface area contributed by atoms with Crippen LogP contribution in [0.3, 0.4) is 0 Å². The summed E-state index contributed by atoms with van der Waals surface area (Å²) in [6, 6.07) is 6.68. The summed E-state index contributed by atoms with van der Waals surface area (Å²) >= 11 is 0. The van der Waals surface area contributed by atoms with Gasteiger partial charge in [-0.05, 0) is 12.5 Å². The maximum Gasteiger partial charge on any atom is 0.272 e. The van der Waals surface area contributed by atoms with Crippen molar-refractivity contribution in [3.63, 3.8) is 0 Å². The summed E-state index contributed by atoms with van der Waals surface area (Å²) in [5.41, 5.74) is -0.267. The Morgan fingerprint density at radius 3 is 2.62 bits per heavy atom. The van der Waals surface area contributed by atoms with E-state index in [4.69, 9.17) is 0 Å². The molecule has 3 N–H and O–H groups in total. The maximum absolute atomic E-state index is 12.1. The van der Waals surface area contributed by atoms with Gasteiger partial charge in [0, 0.05) is 11.9 Å². The quantitative estimate of drug-likeness (QED) is 0.730. The molecule has 0 fully saturated rings. The first-order valence-corrected chi connectivity index (χ1v) is 6.65. The van der Waals surface area contributed by atoms with E-state index in [2.05, 4.69) is 20.8 Å². The third-order valence-corrected chi connectivity index (χ3v) is 2.89. The van der Waals surface area contributed by atoms with E-state index in [1.165, 1.54) is 0 Å². The molecule has 1 heterocycles. The molecular formula is C14H16N4O3. The second kappa shape index (κ2) is 6.65. The molecule has 0 aliphatic heterocycles. The van der Waals surface area contributed by atoms with Crippen LogP contribution < -0.4 is 16.2 Å².